The van der Waals surface area contributed by atoms with Crippen molar-refractivity contribution in [1.82, 2.24) is 19.5 Å². The standard InChI is InChI=1S/C13H18N4OS/c1-11-8-13(16-12(15-11)9-18-2)19-7-3-5-17-6-4-14-10-17/h4,6,8,10H,3,5,7,9H2,1-2H3. The van der Waals surface area contributed by atoms with Crippen LogP contribution in [0.2, 0.25) is 0 Å². The van der Waals surface area contributed by atoms with Gasteiger partial charge in [-0.2, -0.15) is 0 Å². The minimum atomic E-state index is 0.463. The van der Waals surface area contributed by atoms with E-state index < -0.39 is 0 Å². The van der Waals surface area contributed by atoms with E-state index in [9.17, 15) is 0 Å². The number of imidazole rings is 1. The number of rotatable bonds is 7. The number of hydrogen-bond acceptors (Lipinski definition) is 5. The Labute approximate surface area is 117 Å². The molecule has 2 aromatic rings. The highest BCUT2D eigenvalue weighted by Gasteiger charge is 2.03. The molecule has 0 bridgehead atoms. The van der Waals surface area contributed by atoms with Gasteiger partial charge in [0.05, 0.1) is 6.33 Å². The molecule has 2 heterocycles. The molecule has 0 N–H and O–H groups in total. The van der Waals surface area contributed by atoms with E-state index in [-0.39, 0.29) is 0 Å². The molecule has 102 valence electrons. The molecule has 0 fully saturated rings. The molecule has 2 rings (SSSR count). The van der Waals surface area contributed by atoms with Gasteiger partial charge in [0.15, 0.2) is 5.82 Å². The molecule has 19 heavy (non-hydrogen) atoms. The van der Waals surface area contributed by atoms with Gasteiger partial charge in [-0.25, -0.2) is 15.0 Å². The van der Waals surface area contributed by atoms with Gasteiger partial charge in [0.1, 0.15) is 11.6 Å². The van der Waals surface area contributed by atoms with Crippen molar-refractivity contribution in [2.75, 3.05) is 12.9 Å². The zero-order chi connectivity index (χ0) is 13.5. The lowest BCUT2D eigenvalue weighted by atomic mass is 10.4. The van der Waals surface area contributed by atoms with Crippen LogP contribution in [-0.2, 0) is 17.9 Å². The summed E-state index contributed by atoms with van der Waals surface area (Å²) in [5.74, 6) is 1.78. The predicted octanol–water partition coefficient (Wildman–Crippen LogP) is 2.31. The van der Waals surface area contributed by atoms with Gasteiger partial charge in [0, 0.05) is 37.5 Å². The summed E-state index contributed by atoms with van der Waals surface area (Å²) >= 11 is 1.76. The summed E-state index contributed by atoms with van der Waals surface area (Å²) in [5.41, 5.74) is 0.985. The molecule has 0 saturated carbocycles. The van der Waals surface area contributed by atoms with Crippen LogP contribution >= 0.6 is 11.8 Å². The fourth-order valence-electron chi connectivity index (χ4n) is 1.71. The van der Waals surface area contributed by atoms with E-state index in [0.717, 1.165) is 35.3 Å². The number of methoxy groups -OCH3 is 1. The molecule has 0 aliphatic carbocycles. The van der Waals surface area contributed by atoms with Gasteiger partial charge >= 0.3 is 0 Å². The van der Waals surface area contributed by atoms with E-state index in [1.54, 1.807) is 25.1 Å². The third-order valence-corrected chi connectivity index (χ3v) is 3.52. The molecule has 0 unspecified atom stereocenters. The van der Waals surface area contributed by atoms with Crippen LogP contribution in [0.1, 0.15) is 17.9 Å². The van der Waals surface area contributed by atoms with Crippen LogP contribution in [-0.4, -0.2) is 32.4 Å². The number of ether oxygens (including phenoxy) is 1. The van der Waals surface area contributed by atoms with Gasteiger partial charge in [0.2, 0.25) is 0 Å². The first-order chi connectivity index (χ1) is 9.28. The van der Waals surface area contributed by atoms with Crippen LogP contribution in [0.4, 0.5) is 0 Å². The minimum Gasteiger partial charge on any atom is -0.377 e. The summed E-state index contributed by atoms with van der Waals surface area (Å²) in [4.78, 5) is 12.8. The first kappa shape index (κ1) is 14.0. The molecule has 0 aliphatic heterocycles. The van der Waals surface area contributed by atoms with Crippen molar-refractivity contribution >= 4 is 11.8 Å². The molecule has 6 heteroatoms. The van der Waals surface area contributed by atoms with Crippen LogP contribution in [0, 0.1) is 6.92 Å². The Hall–Kier alpha value is -1.40. The van der Waals surface area contributed by atoms with Gasteiger partial charge in [-0.15, -0.1) is 11.8 Å². The Kier molecular flexibility index (Phi) is 5.35. The quantitative estimate of drug-likeness (QED) is 0.442. The van der Waals surface area contributed by atoms with E-state index in [1.165, 1.54) is 0 Å². The van der Waals surface area contributed by atoms with Gasteiger partial charge < -0.3 is 9.30 Å². The highest BCUT2D eigenvalue weighted by molar-refractivity contribution is 7.99. The third-order valence-electron chi connectivity index (χ3n) is 2.52. The van der Waals surface area contributed by atoms with E-state index in [0.29, 0.717) is 6.61 Å². The van der Waals surface area contributed by atoms with Crippen LogP contribution in [0.25, 0.3) is 0 Å². The van der Waals surface area contributed by atoms with Gasteiger partial charge in [-0.05, 0) is 19.4 Å². The molecular formula is C13H18N4OS. The first-order valence-electron chi connectivity index (χ1n) is 6.20. The second-order valence-electron chi connectivity index (χ2n) is 4.20. The molecule has 0 radical (unpaired) electrons. The number of thioether (sulfide) groups is 1. The lowest BCUT2D eigenvalue weighted by Gasteiger charge is -2.05. The average Bonchev–Trinajstić information content (AvgIpc) is 2.87. The predicted molar refractivity (Wildman–Crippen MR) is 75.1 cm³/mol. The van der Waals surface area contributed by atoms with Crippen molar-refractivity contribution in [3.05, 3.63) is 36.3 Å². The lowest BCUT2D eigenvalue weighted by molar-refractivity contribution is 0.177. The van der Waals surface area contributed by atoms with Crippen molar-refractivity contribution in [3.8, 4) is 0 Å². The van der Waals surface area contributed by atoms with E-state index in [1.807, 2.05) is 25.5 Å². The van der Waals surface area contributed by atoms with Crippen LogP contribution in [0.15, 0.2) is 29.8 Å². The average molecular weight is 278 g/mol. The van der Waals surface area contributed by atoms with Gasteiger partial charge in [-0.1, -0.05) is 0 Å². The molecule has 2 aromatic heterocycles. The molecule has 0 saturated heterocycles. The fraction of sp³-hybridized carbons (Fsp3) is 0.462. The monoisotopic (exact) mass is 278 g/mol. The topological polar surface area (TPSA) is 52.8 Å². The van der Waals surface area contributed by atoms with E-state index >= 15 is 0 Å². The van der Waals surface area contributed by atoms with Gasteiger partial charge in [0.25, 0.3) is 0 Å². The SMILES string of the molecule is COCc1nc(C)cc(SCCCn2ccnc2)n1. The second kappa shape index (κ2) is 7.25. The van der Waals surface area contributed by atoms with Crippen LogP contribution < -0.4 is 0 Å². The van der Waals surface area contributed by atoms with E-state index in [2.05, 4.69) is 19.5 Å². The Morgan fingerprint density at radius 3 is 3.00 bits per heavy atom. The Morgan fingerprint density at radius 2 is 2.26 bits per heavy atom. The summed E-state index contributed by atoms with van der Waals surface area (Å²) in [6.07, 6.45) is 6.72. The number of aryl methyl sites for hydroxylation is 2. The molecule has 0 amide bonds. The molecular weight excluding hydrogens is 260 g/mol. The van der Waals surface area contributed by atoms with Crippen molar-refractivity contribution < 1.29 is 4.74 Å². The smallest absolute Gasteiger partial charge is 0.155 e. The zero-order valence-corrected chi connectivity index (χ0v) is 12.1. The molecule has 0 aromatic carbocycles. The molecule has 0 aliphatic rings. The largest absolute Gasteiger partial charge is 0.377 e. The van der Waals surface area contributed by atoms with Crippen molar-refractivity contribution in [3.63, 3.8) is 0 Å². The summed E-state index contributed by atoms with van der Waals surface area (Å²) in [6.45, 7) is 3.43. The van der Waals surface area contributed by atoms with E-state index in [4.69, 9.17) is 4.74 Å². The van der Waals surface area contributed by atoms with Gasteiger partial charge in [-0.3, -0.25) is 0 Å². The number of hydrogen-bond donors (Lipinski definition) is 0. The Morgan fingerprint density at radius 1 is 1.37 bits per heavy atom. The van der Waals surface area contributed by atoms with Crippen molar-refractivity contribution in [1.29, 1.82) is 0 Å². The summed E-state index contributed by atoms with van der Waals surface area (Å²) in [7, 11) is 1.66. The van der Waals surface area contributed by atoms with Crippen molar-refractivity contribution in [2.24, 2.45) is 0 Å². The fourth-order valence-corrected chi connectivity index (χ4v) is 2.62. The highest BCUT2D eigenvalue weighted by atomic mass is 32.2. The number of aromatic nitrogens is 4. The summed E-state index contributed by atoms with van der Waals surface area (Å²) in [6, 6.07) is 2.01. The summed E-state index contributed by atoms with van der Waals surface area (Å²) < 4.78 is 7.15. The molecule has 0 atom stereocenters. The maximum absolute atomic E-state index is 5.07. The molecule has 0 spiro atoms. The normalized spacial score (nSPS) is 10.8. The third kappa shape index (κ3) is 4.65. The minimum absolute atomic E-state index is 0.463. The summed E-state index contributed by atoms with van der Waals surface area (Å²) in [5, 5.41) is 1.02. The lowest BCUT2D eigenvalue weighted by Crippen LogP contribution is -2.00. The Bertz CT molecular complexity index is 501. The maximum Gasteiger partial charge on any atom is 0.155 e. The zero-order valence-electron chi connectivity index (χ0n) is 11.2. The highest BCUT2D eigenvalue weighted by Crippen LogP contribution is 2.17. The maximum atomic E-state index is 5.07. The van der Waals surface area contributed by atoms with Crippen LogP contribution in [0.5, 0.6) is 0 Å². The number of nitrogens with zero attached hydrogens (tertiary/aromatic N) is 4. The Balaban J connectivity index is 1.81. The second-order valence-corrected chi connectivity index (χ2v) is 5.31. The first-order valence-corrected chi connectivity index (χ1v) is 7.18. The molecule has 5 nitrogen and oxygen atoms in total. The van der Waals surface area contributed by atoms with Crippen LogP contribution in [0.3, 0.4) is 0 Å². The van der Waals surface area contributed by atoms with Crippen molar-refractivity contribution in [2.45, 2.75) is 31.5 Å².